The van der Waals surface area contributed by atoms with Crippen molar-refractivity contribution < 1.29 is 18.7 Å². The standard InChI is InChI=1S/C29H50O4Si/c1-17-20(30)14-16-29(8)19-13-15-28(7)18(11-12-21(28)33-34(9,10)26(2,3)4)22(19)24-25(23(17)29)32-27(5,6)31-24/h17-19,21-25H,11-16H2,1-10H3/t17-,18?,19?,21?,22?,23?,24?,25?,28+,29-/m1/s1. The van der Waals surface area contributed by atoms with Gasteiger partial charge in [0.15, 0.2) is 14.1 Å². The number of hydrogen-bond acceptors (Lipinski definition) is 4. The summed E-state index contributed by atoms with van der Waals surface area (Å²) in [6, 6.07) is 0. The zero-order valence-electron chi connectivity index (χ0n) is 23.5. The Balaban J connectivity index is 1.51. The Hall–Kier alpha value is -0.233. The van der Waals surface area contributed by atoms with Crippen molar-refractivity contribution in [1.82, 2.24) is 0 Å². The second kappa shape index (κ2) is 7.64. The molecule has 194 valence electrons. The smallest absolute Gasteiger partial charge is 0.192 e. The van der Waals surface area contributed by atoms with Crippen molar-refractivity contribution in [3.63, 3.8) is 0 Å². The van der Waals surface area contributed by atoms with E-state index in [9.17, 15) is 4.79 Å². The molecule has 34 heavy (non-hydrogen) atoms. The highest BCUT2D eigenvalue weighted by Gasteiger charge is 2.70. The fourth-order valence-electron chi connectivity index (χ4n) is 9.14. The molecular formula is C29H50O4Si. The molecule has 4 nitrogen and oxygen atoms in total. The van der Waals surface area contributed by atoms with E-state index in [0.29, 0.717) is 29.6 Å². The van der Waals surface area contributed by atoms with Crippen molar-refractivity contribution in [1.29, 1.82) is 0 Å². The van der Waals surface area contributed by atoms with E-state index in [1.165, 1.54) is 25.7 Å². The molecule has 0 aromatic rings. The van der Waals surface area contributed by atoms with Gasteiger partial charge in [-0.1, -0.05) is 41.5 Å². The third-order valence-corrected chi connectivity index (χ3v) is 16.4. The van der Waals surface area contributed by atoms with Crippen LogP contribution in [-0.2, 0) is 18.7 Å². The minimum atomic E-state index is -1.84. The van der Waals surface area contributed by atoms with Gasteiger partial charge in [0.2, 0.25) is 0 Å². The monoisotopic (exact) mass is 490 g/mol. The molecule has 4 aliphatic carbocycles. The van der Waals surface area contributed by atoms with Crippen LogP contribution in [0.1, 0.15) is 93.9 Å². The number of hydrogen-bond donors (Lipinski definition) is 0. The van der Waals surface area contributed by atoms with Crippen molar-refractivity contribution in [2.45, 2.75) is 136 Å². The van der Waals surface area contributed by atoms with E-state index in [1.54, 1.807) is 0 Å². The molecule has 5 heteroatoms. The van der Waals surface area contributed by atoms with E-state index in [1.807, 2.05) is 0 Å². The minimum absolute atomic E-state index is 0.0307. The first-order valence-corrected chi connectivity index (χ1v) is 17.0. The van der Waals surface area contributed by atoms with Crippen LogP contribution in [0.4, 0.5) is 0 Å². The Bertz CT molecular complexity index is 846. The highest BCUT2D eigenvalue weighted by atomic mass is 28.4. The van der Waals surface area contributed by atoms with Gasteiger partial charge in [0.25, 0.3) is 0 Å². The fourth-order valence-corrected chi connectivity index (χ4v) is 10.6. The molecular weight excluding hydrogens is 440 g/mol. The van der Waals surface area contributed by atoms with Crippen molar-refractivity contribution in [3.8, 4) is 0 Å². The quantitative estimate of drug-likeness (QED) is 0.392. The summed E-state index contributed by atoms with van der Waals surface area (Å²) >= 11 is 0. The third kappa shape index (κ3) is 3.49. The van der Waals surface area contributed by atoms with Gasteiger partial charge in [0.1, 0.15) is 5.78 Å². The Morgan fingerprint density at radius 1 is 0.912 bits per heavy atom. The predicted molar refractivity (Wildman–Crippen MR) is 138 cm³/mol. The zero-order valence-corrected chi connectivity index (χ0v) is 24.5. The number of carbonyl (C=O) groups excluding carboxylic acids is 1. The number of Topliss-reactive ketones (excluding diaryl/α,β-unsaturated/α-hetero) is 1. The van der Waals surface area contributed by atoms with Gasteiger partial charge >= 0.3 is 0 Å². The van der Waals surface area contributed by atoms with E-state index in [-0.39, 0.29) is 39.9 Å². The maximum atomic E-state index is 12.9. The molecule has 0 radical (unpaired) electrons. The van der Waals surface area contributed by atoms with Crippen molar-refractivity contribution in [3.05, 3.63) is 0 Å². The van der Waals surface area contributed by atoms with Crippen LogP contribution in [0.5, 0.6) is 0 Å². The lowest BCUT2D eigenvalue weighted by Gasteiger charge is -2.63. The molecule has 10 atom stereocenters. The Labute approximate surface area is 209 Å². The Morgan fingerprint density at radius 3 is 2.18 bits per heavy atom. The molecule has 5 rings (SSSR count). The van der Waals surface area contributed by atoms with E-state index in [0.717, 1.165) is 12.8 Å². The van der Waals surface area contributed by atoms with E-state index in [4.69, 9.17) is 13.9 Å². The van der Waals surface area contributed by atoms with Crippen LogP contribution in [0.15, 0.2) is 0 Å². The summed E-state index contributed by atoms with van der Waals surface area (Å²) in [7, 11) is -1.84. The largest absolute Gasteiger partial charge is 0.413 e. The van der Waals surface area contributed by atoms with E-state index in [2.05, 4.69) is 68.5 Å². The summed E-state index contributed by atoms with van der Waals surface area (Å²) in [6.45, 7) is 23.3. The van der Waals surface area contributed by atoms with Crippen LogP contribution < -0.4 is 0 Å². The summed E-state index contributed by atoms with van der Waals surface area (Å²) in [6.07, 6.45) is 7.12. The fraction of sp³-hybridized carbons (Fsp3) is 0.966. The number of fused-ring (bicyclic) bond motifs is 8. The Morgan fingerprint density at radius 2 is 1.53 bits per heavy atom. The second-order valence-electron chi connectivity index (χ2n) is 15.1. The zero-order chi connectivity index (χ0) is 25.1. The summed E-state index contributed by atoms with van der Waals surface area (Å²) in [5.74, 6) is 1.91. The van der Waals surface area contributed by atoms with Crippen molar-refractivity contribution >= 4 is 14.1 Å². The highest BCUT2D eigenvalue weighted by molar-refractivity contribution is 6.74. The molecule has 0 spiro atoms. The summed E-state index contributed by atoms with van der Waals surface area (Å²) in [5.41, 5.74) is 0.360. The van der Waals surface area contributed by atoms with Gasteiger partial charge < -0.3 is 13.9 Å². The van der Waals surface area contributed by atoms with Gasteiger partial charge in [-0.05, 0) is 92.7 Å². The van der Waals surface area contributed by atoms with Crippen molar-refractivity contribution in [2.24, 2.45) is 40.4 Å². The lowest BCUT2D eigenvalue weighted by atomic mass is 9.42. The molecule has 0 N–H and O–H groups in total. The molecule has 5 aliphatic rings. The first-order chi connectivity index (χ1) is 15.5. The average Bonchev–Trinajstić information content (AvgIpc) is 3.19. The molecule has 0 bridgehead atoms. The molecule has 1 aliphatic heterocycles. The normalized spacial score (nSPS) is 50.4. The second-order valence-corrected chi connectivity index (χ2v) is 19.9. The van der Waals surface area contributed by atoms with Gasteiger partial charge in [-0.15, -0.1) is 0 Å². The maximum Gasteiger partial charge on any atom is 0.192 e. The molecule has 0 aromatic heterocycles. The van der Waals surface area contributed by atoms with Gasteiger partial charge in [-0.2, -0.15) is 0 Å². The number of rotatable bonds is 2. The van der Waals surface area contributed by atoms with Gasteiger partial charge in [-0.3, -0.25) is 4.79 Å². The summed E-state index contributed by atoms with van der Waals surface area (Å²) in [4.78, 5) is 12.9. The molecule has 1 heterocycles. The molecule has 1 saturated heterocycles. The van der Waals surface area contributed by atoms with Crippen LogP contribution in [0.25, 0.3) is 0 Å². The molecule has 4 saturated carbocycles. The SMILES string of the molecule is C[C@@H]1C(=O)CC[C@]2(C)C3CC[C@]4(C)C(O[Si](C)(C)C(C)(C)C)CCC4C3C3OC(C)(C)OC3C12. The lowest BCUT2D eigenvalue weighted by molar-refractivity contribution is -0.194. The Kier molecular flexibility index (Phi) is 5.72. The van der Waals surface area contributed by atoms with Crippen LogP contribution in [0.2, 0.25) is 18.1 Å². The van der Waals surface area contributed by atoms with E-state index < -0.39 is 14.1 Å². The van der Waals surface area contributed by atoms with Crippen LogP contribution in [0, 0.1) is 40.4 Å². The predicted octanol–water partition coefficient (Wildman–Crippen LogP) is 6.97. The van der Waals surface area contributed by atoms with Crippen LogP contribution in [-0.4, -0.2) is 38.2 Å². The number of ketones is 1. The first kappa shape index (κ1) is 25.4. The van der Waals surface area contributed by atoms with E-state index >= 15 is 0 Å². The van der Waals surface area contributed by atoms with Gasteiger partial charge in [0.05, 0.1) is 18.3 Å². The lowest BCUT2D eigenvalue weighted by Crippen LogP contribution is -2.65. The van der Waals surface area contributed by atoms with Crippen LogP contribution >= 0.6 is 0 Å². The average molecular weight is 491 g/mol. The number of ether oxygens (including phenoxy) is 2. The van der Waals surface area contributed by atoms with Crippen molar-refractivity contribution in [2.75, 3.05) is 0 Å². The molecule has 5 fully saturated rings. The third-order valence-electron chi connectivity index (χ3n) is 12.0. The van der Waals surface area contributed by atoms with Gasteiger partial charge in [-0.25, -0.2) is 0 Å². The molecule has 7 unspecified atom stereocenters. The maximum absolute atomic E-state index is 12.9. The summed E-state index contributed by atoms with van der Waals surface area (Å²) < 4.78 is 20.6. The topological polar surface area (TPSA) is 44.8 Å². The number of carbonyl (C=O) groups is 1. The minimum Gasteiger partial charge on any atom is -0.413 e. The highest BCUT2D eigenvalue weighted by Crippen LogP contribution is 2.69. The van der Waals surface area contributed by atoms with Crippen LogP contribution in [0.3, 0.4) is 0 Å². The molecule has 0 aromatic carbocycles. The molecule has 0 amide bonds. The summed E-state index contributed by atoms with van der Waals surface area (Å²) in [5, 5.41) is 0.229. The first-order valence-electron chi connectivity index (χ1n) is 14.1. The van der Waals surface area contributed by atoms with Gasteiger partial charge in [0, 0.05) is 18.3 Å².